The smallest absolute Gasteiger partial charge is 0.408 e. The fourth-order valence-corrected chi connectivity index (χ4v) is 4.88. The van der Waals surface area contributed by atoms with Gasteiger partial charge >= 0.3 is 12.1 Å². The summed E-state index contributed by atoms with van der Waals surface area (Å²) in [5, 5.41) is 23.5. The zero-order valence-electron chi connectivity index (χ0n) is 18.3. The first-order valence-corrected chi connectivity index (χ1v) is 11.2. The predicted octanol–water partition coefficient (Wildman–Crippen LogP) is 2.79. The molecule has 174 valence electrons. The van der Waals surface area contributed by atoms with Gasteiger partial charge in [0, 0.05) is 5.92 Å². The van der Waals surface area contributed by atoms with E-state index in [1.165, 1.54) is 0 Å². The van der Waals surface area contributed by atoms with E-state index in [9.17, 15) is 19.5 Å². The molecule has 2 aromatic rings. The second-order valence-electron chi connectivity index (χ2n) is 8.64. The highest BCUT2D eigenvalue weighted by Gasteiger charge is 2.43. The lowest BCUT2D eigenvalue weighted by atomic mass is 9.80. The van der Waals surface area contributed by atoms with Gasteiger partial charge in [-0.1, -0.05) is 67.8 Å². The maximum absolute atomic E-state index is 13.0. The van der Waals surface area contributed by atoms with Crippen LogP contribution in [0, 0.1) is 0 Å². The van der Waals surface area contributed by atoms with Crippen molar-refractivity contribution < 1.29 is 29.3 Å². The number of aliphatic hydroxyl groups excluding tert-OH is 1. The molecule has 0 heterocycles. The van der Waals surface area contributed by atoms with Gasteiger partial charge in [0.25, 0.3) is 0 Å². The molecule has 0 saturated heterocycles. The van der Waals surface area contributed by atoms with Crippen molar-refractivity contribution in [1.29, 1.82) is 0 Å². The van der Waals surface area contributed by atoms with Crippen LogP contribution < -0.4 is 10.6 Å². The Kier molecular flexibility index (Phi) is 6.65. The summed E-state index contributed by atoms with van der Waals surface area (Å²) in [5.41, 5.74) is 3.15. The lowest BCUT2D eigenvalue weighted by Gasteiger charge is -2.36. The molecule has 8 heteroatoms. The largest absolute Gasteiger partial charge is 0.480 e. The zero-order valence-corrected chi connectivity index (χ0v) is 18.3. The Morgan fingerprint density at radius 1 is 0.970 bits per heavy atom. The van der Waals surface area contributed by atoms with Gasteiger partial charge in [-0.3, -0.25) is 4.79 Å². The molecule has 0 spiro atoms. The summed E-state index contributed by atoms with van der Waals surface area (Å²) >= 11 is 0. The molecule has 2 amide bonds. The van der Waals surface area contributed by atoms with E-state index >= 15 is 0 Å². The lowest BCUT2D eigenvalue weighted by molar-refractivity contribution is -0.144. The van der Waals surface area contributed by atoms with Crippen LogP contribution in [0.5, 0.6) is 0 Å². The van der Waals surface area contributed by atoms with Gasteiger partial charge in [0.1, 0.15) is 18.2 Å². The number of hydrogen-bond acceptors (Lipinski definition) is 5. The number of carboxylic acid groups (broad SMARTS) is 1. The Hall–Kier alpha value is -3.39. The van der Waals surface area contributed by atoms with Crippen LogP contribution in [0.1, 0.15) is 49.1 Å². The number of alkyl carbamates (subject to hydrolysis) is 1. The summed E-state index contributed by atoms with van der Waals surface area (Å²) in [6.45, 7) is -0.617. The molecule has 0 aliphatic heterocycles. The maximum Gasteiger partial charge on any atom is 0.408 e. The number of aliphatic hydroxyl groups is 1. The number of benzene rings is 2. The summed E-state index contributed by atoms with van der Waals surface area (Å²) in [4.78, 5) is 37.0. The Bertz CT molecular complexity index is 1000. The summed E-state index contributed by atoms with van der Waals surface area (Å²) in [6, 6.07) is 14.6. The number of amides is 2. The van der Waals surface area contributed by atoms with Crippen LogP contribution in [0.3, 0.4) is 0 Å². The number of rotatable bonds is 7. The van der Waals surface area contributed by atoms with Crippen molar-refractivity contribution in [1.82, 2.24) is 10.6 Å². The van der Waals surface area contributed by atoms with Gasteiger partial charge in [0.15, 0.2) is 0 Å². The van der Waals surface area contributed by atoms with E-state index in [0.29, 0.717) is 25.7 Å². The minimum absolute atomic E-state index is 0.106. The van der Waals surface area contributed by atoms with Gasteiger partial charge in [-0.15, -0.1) is 0 Å². The topological polar surface area (TPSA) is 125 Å². The monoisotopic (exact) mass is 452 g/mol. The van der Waals surface area contributed by atoms with Crippen LogP contribution in [-0.4, -0.2) is 53.0 Å². The van der Waals surface area contributed by atoms with E-state index in [1.54, 1.807) is 0 Å². The molecule has 1 fully saturated rings. The van der Waals surface area contributed by atoms with E-state index < -0.39 is 36.2 Å². The molecule has 33 heavy (non-hydrogen) atoms. The molecule has 4 N–H and O–H groups in total. The molecule has 2 aliphatic carbocycles. The highest BCUT2D eigenvalue weighted by atomic mass is 16.5. The number of fused-ring (bicyclic) bond motifs is 3. The van der Waals surface area contributed by atoms with Gasteiger partial charge in [-0.2, -0.15) is 0 Å². The molecule has 1 atom stereocenters. The number of nitrogens with one attached hydrogen (secondary N) is 2. The minimum Gasteiger partial charge on any atom is -0.480 e. The second-order valence-corrected chi connectivity index (χ2v) is 8.64. The SMILES string of the molecule is O=C(NC1(C(=O)N[C@@H](CO)C(=O)O)CCCCC1)OCC1c2ccccc2-c2ccccc21. The summed E-state index contributed by atoms with van der Waals surface area (Å²) in [6.07, 6.45) is 2.39. The Balaban J connectivity index is 1.47. The molecule has 4 rings (SSSR count). The van der Waals surface area contributed by atoms with E-state index in [2.05, 4.69) is 22.8 Å². The highest BCUT2D eigenvalue weighted by molar-refractivity contribution is 5.93. The summed E-state index contributed by atoms with van der Waals surface area (Å²) in [7, 11) is 0. The summed E-state index contributed by atoms with van der Waals surface area (Å²) in [5.74, 6) is -2.06. The van der Waals surface area contributed by atoms with Crippen LogP contribution in [0.25, 0.3) is 11.1 Å². The Morgan fingerprint density at radius 3 is 2.09 bits per heavy atom. The fraction of sp³-hybridized carbons (Fsp3) is 0.400. The molecule has 8 nitrogen and oxygen atoms in total. The quantitative estimate of drug-likeness (QED) is 0.512. The first-order valence-electron chi connectivity index (χ1n) is 11.2. The standard InChI is InChI=1S/C25H28N2O6/c28-14-21(22(29)30)26-23(31)25(12-6-1-7-13-25)27-24(32)33-15-20-18-10-4-2-8-16(18)17-9-3-5-11-19(17)20/h2-5,8-11,20-21,28H,1,6-7,12-15H2,(H,26,31)(H,27,32)(H,29,30)/t21-/m0/s1. The number of carbonyl (C=O) groups excluding carboxylic acids is 2. The van der Waals surface area contributed by atoms with Crippen LogP contribution in [0.2, 0.25) is 0 Å². The van der Waals surface area contributed by atoms with Crippen LogP contribution in [0.4, 0.5) is 4.79 Å². The van der Waals surface area contributed by atoms with Crippen LogP contribution >= 0.6 is 0 Å². The Morgan fingerprint density at radius 2 is 1.55 bits per heavy atom. The fourth-order valence-electron chi connectivity index (χ4n) is 4.88. The number of carboxylic acids is 1. The third kappa shape index (κ3) is 4.57. The number of ether oxygens (including phenoxy) is 1. The van der Waals surface area contributed by atoms with E-state index in [0.717, 1.165) is 28.7 Å². The number of aliphatic carboxylic acids is 1. The lowest BCUT2D eigenvalue weighted by Crippen LogP contribution is -2.62. The van der Waals surface area contributed by atoms with Crippen LogP contribution in [0.15, 0.2) is 48.5 Å². The van der Waals surface area contributed by atoms with Gasteiger partial charge in [-0.25, -0.2) is 9.59 Å². The average molecular weight is 453 g/mol. The number of hydrogen-bond donors (Lipinski definition) is 4. The third-order valence-electron chi connectivity index (χ3n) is 6.61. The van der Waals surface area contributed by atoms with E-state index in [4.69, 9.17) is 9.84 Å². The van der Waals surface area contributed by atoms with Crippen molar-refractivity contribution in [2.24, 2.45) is 0 Å². The normalized spacial score (nSPS) is 17.4. The molecule has 0 aromatic heterocycles. The molecular formula is C25H28N2O6. The van der Waals surface area contributed by atoms with Crippen molar-refractivity contribution in [3.8, 4) is 11.1 Å². The molecule has 0 bridgehead atoms. The molecule has 2 aliphatic rings. The predicted molar refractivity (Wildman–Crippen MR) is 121 cm³/mol. The molecule has 1 saturated carbocycles. The minimum atomic E-state index is -1.43. The maximum atomic E-state index is 13.0. The first-order chi connectivity index (χ1) is 15.9. The second kappa shape index (κ2) is 9.62. The van der Waals surface area contributed by atoms with Crippen molar-refractivity contribution in [3.05, 3.63) is 59.7 Å². The van der Waals surface area contributed by atoms with Gasteiger partial charge in [-0.05, 0) is 35.1 Å². The molecular weight excluding hydrogens is 424 g/mol. The van der Waals surface area contributed by atoms with Gasteiger partial charge in [0.05, 0.1) is 6.61 Å². The van der Waals surface area contributed by atoms with E-state index in [1.807, 2.05) is 36.4 Å². The molecule has 0 radical (unpaired) electrons. The zero-order chi connectivity index (χ0) is 23.4. The van der Waals surface area contributed by atoms with E-state index in [-0.39, 0.29) is 12.5 Å². The molecule has 2 aromatic carbocycles. The number of carbonyl (C=O) groups is 3. The van der Waals surface area contributed by atoms with Gasteiger partial charge < -0.3 is 25.6 Å². The average Bonchev–Trinajstić information content (AvgIpc) is 3.15. The van der Waals surface area contributed by atoms with Crippen molar-refractivity contribution in [3.63, 3.8) is 0 Å². The van der Waals surface area contributed by atoms with Crippen molar-refractivity contribution >= 4 is 18.0 Å². The molecule has 0 unspecified atom stereocenters. The summed E-state index contributed by atoms with van der Waals surface area (Å²) < 4.78 is 5.60. The van der Waals surface area contributed by atoms with Gasteiger partial charge in [0.2, 0.25) is 5.91 Å². The highest BCUT2D eigenvalue weighted by Crippen LogP contribution is 2.44. The first kappa shape index (κ1) is 22.8. The van der Waals surface area contributed by atoms with Crippen LogP contribution in [-0.2, 0) is 14.3 Å². The third-order valence-corrected chi connectivity index (χ3v) is 6.61. The van der Waals surface area contributed by atoms with Crippen molar-refractivity contribution in [2.75, 3.05) is 13.2 Å². The van der Waals surface area contributed by atoms with Crippen molar-refractivity contribution in [2.45, 2.75) is 49.6 Å². The Labute approximate surface area is 192 Å².